The Hall–Kier alpha value is -3.37. The molecule has 7 nitrogen and oxygen atoms in total. The minimum Gasteiger partial charge on any atom is -0.465 e. The quantitative estimate of drug-likeness (QED) is 0.368. The van der Waals surface area contributed by atoms with E-state index in [9.17, 15) is 27.6 Å². The molecule has 3 aromatic rings. The van der Waals surface area contributed by atoms with Crippen molar-refractivity contribution in [1.29, 1.82) is 0 Å². The average Bonchev–Trinajstić information content (AvgIpc) is 3.19. The predicted octanol–water partition coefficient (Wildman–Crippen LogP) is 5.27. The van der Waals surface area contributed by atoms with Gasteiger partial charge in [0.05, 0.1) is 7.11 Å². The second-order valence-corrected chi connectivity index (χ2v) is 7.03. The van der Waals surface area contributed by atoms with E-state index in [-0.39, 0.29) is 26.1 Å². The van der Waals surface area contributed by atoms with Crippen LogP contribution < -0.4 is 4.90 Å². The lowest BCUT2D eigenvalue weighted by molar-refractivity contribution is -0.143. The molecule has 0 bridgehead atoms. The molecule has 0 aliphatic carbocycles. The molecule has 2 aromatic carbocycles. The highest BCUT2D eigenvalue weighted by Gasteiger charge is 2.45. The number of carbonyl (C=O) groups is 3. The summed E-state index contributed by atoms with van der Waals surface area (Å²) < 4.78 is 49.3. The number of ether oxygens (including phenoxy) is 1. The monoisotopic (exact) mass is 486 g/mol. The van der Waals surface area contributed by atoms with Crippen LogP contribution in [0.5, 0.6) is 0 Å². The molecule has 0 atom stereocenters. The largest absolute Gasteiger partial charge is 0.465 e. The maximum atomic E-state index is 13.4. The predicted molar refractivity (Wildman–Crippen MR) is 107 cm³/mol. The molecule has 0 saturated carbocycles. The SMILES string of the molecule is COC(=O)c1c(C(F)(F)F)noc1N(C(=O)c1ccc(Cl)cc1)C(=O)c1ccc(Cl)cc1. The maximum Gasteiger partial charge on any atom is 0.437 e. The fourth-order valence-electron chi connectivity index (χ4n) is 2.63. The van der Waals surface area contributed by atoms with Crippen LogP contribution >= 0.6 is 23.2 Å². The summed E-state index contributed by atoms with van der Waals surface area (Å²) >= 11 is 11.6. The number of amides is 2. The number of imide groups is 1. The van der Waals surface area contributed by atoms with Gasteiger partial charge in [-0.3, -0.25) is 9.59 Å². The molecule has 166 valence electrons. The van der Waals surface area contributed by atoms with Crippen molar-refractivity contribution in [2.24, 2.45) is 0 Å². The number of esters is 1. The van der Waals surface area contributed by atoms with Crippen molar-refractivity contribution in [3.8, 4) is 0 Å². The van der Waals surface area contributed by atoms with E-state index in [2.05, 4.69) is 9.89 Å². The Kier molecular flexibility index (Phi) is 6.56. The van der Waals surface area contributed by atoms with Crippen LogP contribution in [-0.4, -0.2) is 30.1 Å². The van der Waals surface area contributed by atoms with Crippen LogP contribution in [0.4, 0.5) is 19.1 Å². The first-order valence-corrected chi connectivity index (χ1v) is 9.35. The molecule has 0 aliphatic rings. The average molecular weight is 487 g/mol. The van der Waals surface area contributed by atoms with Crippen LogP contribution in [0.1, 0.15) is 36.8 Å². The summed E-state index contributed by atoms with van der Waals surface area (Å²) in [6.07, 6.45) is -5.14. The summed E-state index contributed by atoms with van der Waals surface area (Å²) in [4.78, 5) is 38.8. The third kappa shape index (κ3) is 4.61. The maximum absolute atomic E-state index is 13.4. The summed E-state index contributed by atoms with van der Waals surface area (Å²) in [6, 6.07) is 10.3. The Morgan fingerprint density at radius 2 is 1.34 bits per heavy atom. The van der Waals surface area contributed by atoms with Gasteiger partial charge in [-0.2, -0.15) is 13.2 Å². The molecule has 0 spiro atoms. The molecule has 0 unspecified atom stereocenters. The molecular formula is C20H11Cl2F3N2O5. The van der Waals surface area contributed by atoms with Crippen LogP contribution in [0.25, 0.3) is 0 Å². The first-order chi connectivity index (χ1) is 15.0. The highest BCUT2D eigenvalue weighted by Crippen LogP contribution is 2.37. The zero-order valence-corrected chi connectivity index (χ0v) is 17.5. The molecule has 1 aromatic heterocycles. The van der Waals surface area contributed by atoms with E-state index in [1.165, 1.54) is 48.5 Å². The van der Waals surface area contributed by atoms with E-state index < -0.39 is 41.1 Å². The number of hydrogen-bond acceptors (Lipinski definition) is 6. The smallest absolute Gasteiger partial charge is 0.437 e. The Labute approximate surface area is 188 Å². The van der Waals surface area contributed by atoms with Crippen LogP contribution in [0.2, 0.25) is 10.0 Å². The molecule has 12 heteroatoms. The highest BCUT2D eigenvalue weighted by molar-refractivity contribution is 6.31. The van der Waals surface area contributed by atoms with Crippen LogP contribution in [0, 0.1) is 0 Å². The second kappa shape index (κ2) is 9.01. The number of benzene rings is 2. The number of methoxy groups -OCH3 is 1. The molecule has 0 aliphatic heterocycles. The lowest BCUT2D eigenvalue weighted by Gasteiger charge is -2.19. The van der Waals surface area contributed by atoms with Gasteiger partial charge in [0.1, 0.15) is 0 Å². The molecule has 0 N–H and O–H groups in total. The third-order valence-electron chi connectivity index (χ3n) is 4.12. The van der Waals surface area contributed by atoms with Gasteiger partial charge in [-0.05, 0) is 48.5 Å². The van der Waals surface area contributed by atoms with Gasteiger partial charge >= 0.3 is 12.1 Å². The molecule has 0 saturated heterocycles. The molecule has 3 rings (SSSR count). The van der Waals surface area contributed by atoms with Crippen LogP contribution in [0.15, 0.2) is 53.1 Å². The summed E-state index contributed by atoms with van der Waals surface area (Å²) in [5, 5.41) is 3.41. The Balaban J connectivity index is 2.23. The van der Waals surface area contributed by atoms with Gasteiger partial charge in [-0.15, -0.1) is 0 Å². The Morgan fingerprint density at radius 1 is 0.906 bits per heavy atom. The number of anilines is 1. The van der Waals surface area contributed by atoms with Crippen LogP contribution in [0.3, 0.4) is 0 Å². The first kappa shape index (κ1) is 23.3. The van der Waals surface area contributed by atoms with E-state index in [4.69, 9.17) is 27.7 Å². The first-order valence-electron chi connectivity index (χ1n) is 8.59. The van der Waals surface area contributed by atoms with Gasteiger partial charge in [0.25, 0.3) is 17.7 Å². The van der Waals surface area contributed by atoms with Gasteiger partial charge in [0.2, 0.25) is 5.69 Å². The molecule has 0 fully saturated rings. The zero-order chi connectivity index (χ0) is 23.6. The molecule has 32 heavy (non-hydrogen) atoms. The van der Waals surface area contributed by atoms with Crippen molar-refractivity contribution in [2.75, 3.05) is 12.0 Å². The Bertz CT molecular complexity index is 1120. The van der Waals surface area contributed by atoms with Gasteiger partial charge in [0.15, 0.2) is 5.56 Å². The van der Waals surface area contributed by atoms with Crippen molar-refractivity contribution in [3.05, 3.63) is 81.0 Å². The number of alkyl halides is 3. The van der Waals surface area contributed by atoms with Crippen molar-refractivity contribution in [3.63, 3.8) is 0 Å². The number of carbonyl (C=O) groups excluding carboxylic acids is 3. The number of aromatic nitrogens is 1. The number of halogens is 5. The Morgan fingerprint density at radius 3 is 1.72 bits per heavy atom. The van der Waals surface area contributed by atoms with Gasteiger partial charge in [-0.25, -0.2) is 9.69 Å². The van der Waals surface area contributed by atoms with Gasteiger partial charge in [0, 0.05) is 21.2 Å². The van der Waals surface area contributed by atoms with Crippen LogP contribution in [-0.2, 0) is 10.9 Å². The normalized spacial score (nSPS) is 11.2. The van der Waals surface area contributed by atoms with Crippen molar-refractivity contribution in [1.82, 2.24) is 5.16 Å². The summed E-state index contributed by atoms with van der Waals surface area (Å²) in [7, 11) is 0.825. The van der Waals surface area contributed by atoms with Crippen molar-refractivity contribution >= 4 is 46.9 Å². The van der Waals surface area contributed by atoms with E-state index in [0.29, 0.717) is 0 Å². The van der Waals surface area contributed by atoms with Crippen molar-refractivity contribution in [2.45, 2.75) is 6.18 Å². The highest BCUT2D eigenvalue weighted by atomic mass is 35.5. The lowest BCUT2D eigenvalue weighted by Crippen LogP contribution is -2.38. The van der Waals surface area contributed by atoms with Gasteiger partial charge < -0.3 is 9.26 Å². The molecule has 2 amide bonds. The zero-order valence-electron chi connectivity index (χ0n) is 15.9. The van der Waals surface area contributed by atoms with Crippen molar-refractivity contribution < 1.29 is 36.8 Å². The minimum absolute atomic E-state index is 0.127. The molecule has 0 radical (unpaired) electrons. The standard InChI is InChI=1S/C20H11Cl2F3N2O5/c1-31-19(30)14-15(20(23,24)25)26-32-18(14)27(16(28)10-2-6-12(21)7-3-10)17(29)11-4-8-13(22)9-5-11/h2-9H,1H3. The fraction of sp³-hybridized carbons (Fsp3) is 0.100. The molecule has 1 heterocycles. The summed E-state index contributed by atoms with van der Waals surface area (Å²) in [5.41, 5.74) is -3.24. The lowest BCUT2D eigenvalue weighted by atomic mass is 10.1. The van der Waals surface area contributed by atoms with Gasteiger partial charge in [-0.1, -0.05) is 28.4 Å². The minimum atomic E-state index is -5.14. The fourth-order valence-corrected chi connectivity index (χ4v) is 2.89. The van der Waals surface area contributed by atoms with E-state index in [1.54, 1.807) is 0 Å². The summed E-state index contributed by atoms with van der Waals surface area (Å²) in [6.45, 7) is 0. The van der Waals surface area contributed by atoms with E-state index >= 15 is 0 Å². The number of hydrogen-bond donors (Lipinski definition) is 0. The topological polar surface area (TPSA) is 89.7 Å². The number of nitrogens with zero attached hydrogens (tertiary/aromatic N) is 2. The van der Waals surface area contributed by atoms with E-state index in [0.717, 1.165) is 7.11 Å². The third-order valence-corrected chi connectivity index (χ3v) is 4.63. The molecular weight excluding hydrogens is 476 g/mol. The second-order valence-electron chi connectivity index (χ2n) is 6.16. The summed E-state index contributed by atoms with van der Waals surface area (Å²) in [5.74, 6) is -4.76. The number of rotatable bonds is 4. The van der Waals surface area contributed by atoms with E-state index in [1.807, 2.05) is 0 Å².